The van der Waals surface area contributed by atoms with E-state index in [9.17, 15) is 9.18 Å². The lowest BCUT2D eigenvalue weighted by Crippen LogP contribution is -2.26. The van der Waals surface area contributed by atoms with Crippen LogP contribution in [0.4, 0.5) is 15.8 Å². The highest BCUT2D eigenvalue weighted by atomic mass is 19.1. The van der Waals surface area contributed by atoms with Crippen LogP contribution in [0, 0.1) is 12.7 Å². The summed E-state index contributed by atoms with van der Waals surface area (Å²) in [7, 11) is 0. The van der Waals surface area contributed by atoms with Gasteiger partial charge in [-0.3, -0.25) is 9.78 Å². The van der Waals surface area contributed by atoms with Crippen LogP contribution in [0.2, 0.25) is 0 Å². The molecule has 1 heterocycles. The molecule has 0 radical (unpaired) electrons. The Kier molecular flexibility index (Phi) is 5.59. The van der Waals surface area contributed by atoms with E-state index in [2.05, 4.69) is 15.6 Å². The van der Waals surface area contributed by atoms with Crippen LogP contribution in [-0.2, 0) is 6.42 Å². The second kappa shape index (κ2) is 8.25. The highest BCUT2D eigenvalue weighted by Gasteiger charge is 2.08. The van der Waals surface area contributed by atoms with Crippen molar-refractivity contribution >= 4 is 17.3 Å². The maximum absolute atomic E-state index is 12.9. The van der Waals surface area contributed by atoms with E-state index in [4.69, 9.17) is 0 Å². The topological polar surface area (TPSA) is 54.0 Å². The number of hydrogen-bond acceptors (Lipinski definition) is 3. The molecule has 0 fully saturated rings. The molecule has 0 aliphatic carbocycles. The molecule has 1 amide bonds. The SMILES string of the molecule is Cc1cccc(Nc2ccnc(C(=O)NCCc3ccc(F)cc3)c2)c1. The zero-order valence-corrected chi connectivity index (χ0v) is 14.5. The molecule has 26 heavy (non-hydrogen) atoms. The molecule has 1 aromatic heterocycles. The maximum atomic E-state index is 12.9. The molecule has 0 saturated heterocycles. The van der Waals surface area contributed by atoms with Crippen molar-refractivity contribution in [3.05, 3.63) is 89.5 Å². The molecule has 5 heteroatoms. The second-order valence-corrected chi connectivity index (χ2v) is 6.06. The van der Waals surface area contributed by atoms with Crippen LogP contribution in [0.3, 0.4) is 0 Å². The van der Waals surface area contributed by atoms with Gasteiger partial charge in [0.2, 0.25) is 0 Å². The third kappa shape index (κ3) is 4.89. The predicted molar refractivity (Wildman–Crippen MR) is 101 cm³/mol. The standard InChI is InChI=1S/C21H20FN3O/c1-15-3-2-4-18(13-15)25-19-10-12-23-20(14-19)21(26)24-11-9-16-5-7-17(22)8-6-16/h2-8,10,12-14H,9,11H2,1H3,(H,23,25)(H,24,26). The number of halogens is 1. The van der Waals surface area contributed by atoms with Gasteiger partial charge in [0.05, 0.1) is 0 Å². The molecular formula is C21H20FN3O. The summed E-state index contributed by atoms with van der Waals surface area (Å²) in [6, 6.07) is 17.8. The van der Waals surface area contributed by atoms with E-state index in [1.807, 2.05) is 37.3 Å². The largest absolute Gasteiger partial charge is 0.355 e. The van der Waals surface area contributed by atoms with Gasteiger partial charge < -0.3 is 10.6 Å². The number of anilines is 2. The van der Waals surface area contributed by atoms with Gasteiger partial charge in [-0.2, -0.15) is 0 Å². The Morgan fingerprint density at radius 3 is 2.58 bits per heavy atom. The monoisotopic (exact) mass is 349 g/mol. The van der Waals surface area contributed by atoms with Crippen molar-refractivity contribution in [3.8, 4) is 0 Å². The predicted octanol–water partition coefficient (Wildman–Crippen LogP) is 4.25. The summed E-state index contributed by atoms with van der Waals surface area (Å²) < 4.78 is 12.9. The molecule has 4 nitrogen and oxygen atoms in total. The van der Waals surface area contributed by atoms with Gasteiger partial charge in [0.1, 0.15) is 11.5 Å². The van der Waals surface area contributed by atoms with Crippen molar-refractivity contribution in [2.45, 2.75) is 13.3 Å². The Labute approximate surface area is 152 Å². The molecule has 3 rings (SSSR count). The van der Waals surface area contributed by atoms with E-state index in [-0.39, 0.29) is 11.7 Å². The van der Waals surface area contributed by atoms with Gasteiger partial charge in [0.25, 0.3) is 5.91 Å². The molecule has 0 unspecified atom stereocenters. The van der Waals surface area contributed by atoms with Gasteiger partial charge >= 0.3 is 0 Å². The number of hydrogen-bond donors (Lipinski definition) is 2. The zero-order chi connectivity index (χ0) is 18.4. The zero-order valence-electron chi connectivity index (χ0n) is 14.5. The summed E-state index contributed by atoms with van der Waals surface area (Å²) in [5.74, 6) is -0.500. The molecule has 0 saturated carbocycles. The van der Waals surface area contributed by atoms with Crippen LogP contribution in [0.1, 0.15) is 21.6 Å². The van der Waals surface area contributed by atoms with E-state index in [1.54, 1.807) is 24.4 Å². The summed E-state index contributed by atoms with van der Waals surface area (Å²) >= 11 is 0. The van der Waals surface area contributed by atoms with Gasteiger partial charge in [-0.1, -0.05) is 24.3 Å². The molecule has 132 valence electrons. The average molecular weight is 349 g/mol. The molecule has 0 atom stereocenters. The summed E-state index contributed by atoms with van der Waals surface area (Å²) in [6.07, 6.45) is 2.24. The van der Waals surface area contributed by atoms with Gasteiger partial charge in [-0.15, -0.1) is 0 Å². The van der Waals surface area contributed by atoms with Crippen LogP contribution >= 0.6 is 0 Å². The summed E-state index contributed by atoms with van der Waals surface area (Å²) in [5.41, 5.74) is 4.23. The van der Waals surface area contributed by atoms with Gasteiger partial charge in [0, 0.05) is 24.1 Å². The maximum Gasteiger partial charge on any atom is 0.269 e. The van der Waals surface area contributed by atoms with Gasteiger partial charge in [-0.05, 0) is 60.9 Å². The van der Waals surface area contributed by atoms with E-state index < -0.39 is 0 Å². The van der Waals surface area contributed by atoms with Crippen LogP contribution < -0.4 is 10.6 Å². The highest BCUT2D eigenvalue weighted by Crippen LogP contribution is 2.17. The van der Waals surface area contributed by atoms with Gasteiger partial charge in [0.15, 0.2) is 0 Å². The number of amides is 1. The van der Waals surface area contributed by atoms with Crippen LogP contribution in [0.5, 0.6) is 0 Å². The second-order valence-electron chi connectivity index (χ2n) is 6.06. The Morgan fingerprint density at radius 2 is 1.81 bits per heavy atom. The fourth-order valence-electron chi connectivity index (χ4n) is 2.58. The minimum absolute atomic E-state index is 0.236. The normalized spacial score (nSPS) is 10.4. The number of benzene rings is 2. The van der Waals surface area contributed by atoms with E-state index in [0.29, 0.717) is 18.7 Å². The number of aryl methyl sites for hydroxylation is 1. The first kappa shape index (κ1) is 17.6. The van der Waals surface area contributed by atoms with Crippen molar-refractivity contribution < 1.29 is 9.18 Å². The quantitative estimate of drug-likeness (QED) is 0.700. The molecule has 0 aliphatic rings. The first-order valence-electron chi connectivity index (χ1n) is 8.42. The molecule has 2 N–H and O–H groups in total. The lowest BCUT2D eigenvalue weighted by atomic mass is 10.1. The van der Waals surface area contributed by atoms with Crippen molar-refractivity contribution in [3.63, 3.8) is 0 Å². The number of nitrogens with zero attached hydrogens (tertiary/aromatic N) is 1. The number of nitrogens with one attached hydrogen (secondary N) is 2. The summed E-state index contributed by atoms with van der Waals surface area (Å²) in [4.78, 5) is 16.4. The minimum atomic E-state index is -0.264. The number of aromatic nitrogens is 1. The fraction of sp³-hybridized carbons (Fsp3) is 0.143. The van der Waals surface area contributed by atoms with Crippen molar-refractivity contribution in [1.29, 1.82) is 0 Å². The van der Waals surface area contributed by atoms with Crippen LogP contribution in [0.25, 0.3) is 0 Å². The number of rotatable bonds is 6. The smallest absolute Gasteiger partial charge is 0.269 e. The highest BCUT2D eigenvalue weighted by molar-refractivity contribution is 5.93. The summed E-state index contributed by atoms with van der Waals surface area (Å²) in [6.45, 7) is 2.49. The van der Waals surface area contributed by atoms with E-state index in [1.165, 1.54) is 12.1 Å². The Balaban J connectivity index is 1.58. The fourth-order valence-corrected chi connectivity index (χ4v) is 2.58. The Morgan fingerprint density at radius 1 is 1.04 bits per heavy atom. The molecule has 0 spiro atoms. The Bertz CT molecular complexity index is 894. The number of carbonyl (C=O) groups is 1. The lowest BCUT2D eigenvalue weighted by molar-refractivity contribution is 0.0949. The first-order valence-corrected chi connectivity index (χ1v) is 8.42. The lowest BCUT2D eigenvalue weighted by Gasteiger charge is -2.09. The third-order valence-electron chi connectivity index (χ3n) is 3.91. The molecule has 0 aliphatic heterocycles. The van der Waals surface area contributed by atoms with Crippen LogP contribution in [0.15, 0.2) is 66.9 Å². The molecular weight excluding hydrogens is 329 g/mol. The number of pyridine rings is 1. The Hall–Kier alpha value is -3.21. The molecule has 3 aromatic rings. The average Bonchev–Trinajstić information content (AvgIpc) is 2.63. The number of carbonyl (C=O) groups excluding carboxylic acids is 1. The van der Waals surface area contributed by atoms with Crippen molar-refractivity contribution in [2.75, 3.05) is 11.9 Å². The molecule has 2 aromatic carbocycles. The van der Waals surface area contributed by atoms with Crippen molar-refractivity contribution in [1.82, 2.24) is 10.3 Å². The van der Waals surface area contributed by atoms with E-state index >= 15 is 0 Å². The first-order chi connectivity index (χ1) is 12.6. The third-order valence-corrected chi connectivity index (χ3v) is 3.91. The minimum Gasteiger partial charge on any atom is -0.355 e. The summed E-state index contributed by atoms with van der Waals surface area (Å²) in [5, 5.41) is 6.11. The van der Waals surface area contributed by atoms with E-state index in [0.717, 1.165) is 22.5 Å². The molecule has 0 bridgehead atoms. The van der Waals surface area contributed by atoms with Gasteiger partial charge in [-0.25, -0.2) is 4.39 Å². The van der Waals surface area contributed by atoms with Crippen LogP contribution in [-0.4, -0.2) is 17.4 Å². The van der Waals surface area contributed by atoms with Crippen molar-refractivity contribution in [2.24, 2.45) is 0 Å².